The van der Waals surface area contributed by atoms with Crippen molar-refractivity contribution < 1.29 is 23.9 Å². The number of H-pyrrole nitrogens is 1. The normalized spacial score (nSPS) is 12.2. The van der Waals surface area contributed by atoms with E-state index < -0.39 is 23.3 Å². The molecule has 2 aromatic carbocycles. The lowest BCUT2D eigenvalue weighted by molar-refractivity contribution is -0.113. The van der Waals surface area contributed by atoms with Crippen molar-refractivity contribution in [3.8, 4) is 11.4 Å². The number of tetrazole rings is 1. The topological polar surface area (TPSA) is 304 Å². The maximum atomic E-state index is 15.1. The van der Waals surface area contributed by atoms with E-state index in [1.807, 2.05) is 18.2 Å². The highest BCUT2D eigenvalue weighted by Crippen LogP contribution is 2.27. The number of hydrogen-bond donors (Lipinski definition) is 8. The number of primary amides is 1. The van der Waals surface area contributed by atoms with Crippen LogP contribution in [0.4, 0.5) is 10.1 Å². The molecule has 0 bridgehead atoms. The van der Waals surface area contributed by atoms with E-state index in [0.29, 0.717) is 41.3 Å². The Balaban J connectivity index is 0.00000195. The SMILES string of the molecule is N/C(=C\C=C(/N)n1ccnc1)C(=O)Nc1cc(CCCc2ccc(-c3nn[nH]n3)c(/C(N)=C/C=C(\N)n3ccnc3)c2)c(F)cc1C(=O)O.NC=O. The molecule has 5 rings (SSSR count). The monoisotopic (exact) mass is 710 g/mol. The summed E-state index contributed by atoms with van der Waals surface area (Å²) in [6, 6.07) is 7.72. The molecule has 0 fully saturated rings. The third-order valence-corrected chi connectivity index (χ3v) is 7.29. The summed E-state index contributed by atoms with van der Waals surface area (Å²) in [5, 5.41) is 26.4. The maximum Gasteiger partial charge on any atom is 0.337 e. The third kappa shape index (κ3) is 9.75. The molecule has 0 saturated carbocycles. The van der Waals surface area contributed by atoms with Crippen molar-refractivity contribution in [2.45, 2.75) is 19.3 Å². The number of benzene rings is 2. The van der Waals surface area contributed by atoms with Crippen molar-refractivity contribution in [2.24, 2.45) is 28.7 Å². The van der Waals surface area contributed by atoms with Gasteiger partial charge in [0.2, 0.25) is 12.2 Å². The molecule has 0 aliphatic heterocycles. The predicted octanol–water partition coefficient (Wildman–Crippen LogP) is 1.37. The zero-order valence-electron chi connectivity index (χ0n) is 27.4. The summed E-state index contributed by atoms with van der Waals surface area (Å²) >= 11 is 0. The van der Waals surface area contributed by atoms with Crippen LogP contribution in [-0.2, 0) is 22.4 Å². The highest BCUT2D eigenvalue weighted by Gasteiger charge is 2.18. The number of aromatic amines is 1. The number of nitrogens with zero attached hydrogens (tertiary/aromatic N) is 7. The number of aryl methyl sites for hydroxylation is 2. The lowest BCUT2D eigenvalue weighted by atomic mass is 9.96. The number of carboxylic acid groups (broad SMARTS) is 1. The molecule has 0 aliphatic carbocycles. The second-order valence-electron chi connectivity index (χ2n) is 10.7. The summed E-state index contributed by atoms with van der Waals surface area (Å²) in [6.45, 7) is 0. The molecule has 5 aromatic rings. The molecule has 0 spiro atoms. The average molecular weight is 711 g/mol. The van der Waals surface area contributed by atoms with Gasteiger partial charge in [-0.25, -0.2) is 19.2 Å². The van der Waals surface area contributed by atoms with Crippen LogP contribution in [0, 0.1) is 5.82 Å². The Labute approximate surface area is 295 Å². The average Bonchev–Trinajstić information content (AvgIpc) is 3.95. The van der Waals surface area contributed by atoms with Gasteiger partial charge < -0.3 is 39.1 Å². The van der Waals surface area contributed by atoms with Crippen LogP contribution in [-0.4, -0.2) is 63.1 Å². The number of carbonyl (C=O) groups is 3. The van der Waals surface area contributed by atoms with Gasteiger partial charge in [0.05, 0.1) is 16.9 Å². The Kier molecular flexibility index (Phi) is 12.7. The van der Waals surface area contributed by atoms with Crippen molar-refractivity contribution in [3.63, 3.8) is 0 Å². The van der Waals surface area contributed by atoms with E-state index in [0.717, 1.165) is 11.6 Å². The second kappa shape index (κ2) is 17.7. The molecule has 0 radical (unpaired) electrons. The number of rotatable bonds is 13. The zero-order valence-corrected chi connectivity index (χ0v) is 27.4. The first kappa shape index (κ1) is 37.3. The number of amides is 2. The van der Waals surface area contributed by atoms with E-state index in [4.69, 9.17) is 27.7 Å². The van der Waals surface area contributed by atoms with E-state index in [1.54, 1.807) is 41.6 Å². The molecule has 0 aliphatic rings. The van der Waals surface area contributed by atoms with Crippen LogP contribution >= 0.6 is 0 Å². The number of nitrogens with two attached hydrogens (primary N) is 5. The van der Waals surface area contributed by atoms with Gasteiger partial charge >= 0.3 is 5.97 Å². The van der Waals surface area contributed by atoms with E-state index in [2.05, 4.69) is 41.6 Å². The third-order valence-electron chi connectivity index (χ3n) is 7.29. The first-order valence-electron chi connectivity index (χ1n) is 15.2. The molecule has 0 unspecified atom stereocenters. The number of imidazole rings is 2. The van der Waals surface area contributed by atoms with E-state index >= 15 is 4.39 Å². The Morgan fingerprint density at radius 3 is 2.13 bits per heavy atom. The Bertz CT molecular complexity index is 2120. The molecule has 19 heteroatoms. The van der Waals surface area contributed by atoms with E-state index in [9.17, 15) is 14.7 Å². The first-order valence-corrected chi connectivity index (χ1v) is 15.2. The summed E-state index contributed by atoms with van der Waals surface area (Å²) in [5.74, 6) is -1.96. The molecule has 18 nitrogen and oxygen atoms in total. The predicted molar refractivity (Wildman–Crippen MR) is 190 cm³/mol. The van der Waals surface area contributed by atoms with Gasteiger partial charge in [-0.05, 0) is 78.1 Å². The minimum Gasteiger partial charge on any atom is -0.478 e. The molecule has 52 heavy (non-hydrogen) atoms. The maximum absolute atomic E-state index is 15.1. The highest BCUT2D eigenvalue weighted by atomic mass is 19.1. The van der Waals surface area contributed by atoms with Gasteiger partial charge in [0.15, 0.2) is 0 Å². The summed E-state index contributed by atoms with van der Waals surface area (Å²) in [5.41, 5.74) is 30.5. The summed E-state index contributed by atoms with van der Waals surface area (Å²) in [7, 11) is 0. The smallest absolute Gasteiger partial charge is 0.337 e. The largest absolute Gasteiger partial charge is 0.478 e. The number of aromatic nitrogens is 8. The number of allylic oxidation sites excluding steroid dienone is 4. The van der Waals surface area contributed by atoms with Gasteiger partial charge in [0.25, 0.3) is 5.91 Å². The highest BCUT2D eigenvalue weighted by molar-refractivity contribution is 6.07. The molecule has 0 saturated heterocycles. The Hall–Kier alpha value is -7.57. The lowest BCUT2D eigenvalue weighted by Gasteiger charge is -2.13. The molecular formula is C33H35FN14O4. The Morgan fingerprint density at radius 1 is 0.904 bits per heavy atom. The lowest BCUT2D eigenvalue weighted by Crippen LogP contribution is -2.22. The fourth-order valence-electron chi connectivity index (χ4n) is 4.74. The van der Waals surface area contributed by atoms with Crippen LogP contribution in [0.5, 0.6) is 0 Å². The van der Waals surface area contributed by atoms with Crippen molar-refractivity contribution in [1.29, 1.82) is 0 Å². The van der Waals surface area contributed by atoms with Crippen LogP contribution in [0.2, 0.25) is 0 Å². The van der Waals surface area contributed by atoms with Gasteiger partial charge in [-0.2, -0.15) is 5.21 Å². The molecular weight excluding hydrogens is 675 g/mol. The van der Waals surface area contributed by atoms with E-state index in [-0.39, 0.29) is 35.6 Å². The number of hydrogen-bond acceptors (Lipinski definition) is 12. The molecule has 3 aromatic heterocycles. The van der Waals surface area contributed by atoms with Gasteiger partial charge in [-0.15, -0.1) is 10.2 Å². The van der Waals surface area contributed by atoms with Crippen molar-refractivity contribution in [1.82, 2.24) is 39.7 Å². The quantitative estimate of drug-likeness (QED) is 0.0487. The fourth-order valence-corrected chi connectivity index (χ4v) is 4.74. The second-order valence-corrected chi connectivity index (χ2v) is 10.7. The van der Waals surface area contributed by atoms with Crippen LogP contribution < -0.4 is 34.0 Å². The standard InChI is InChI=1S/C32H32FN13O3.CH3NO/c33-24-16-23(32(48)49)27(40-31(47)26(35)7-9-29(37)46-13-11-39-18-46)15-20(24)3-1-2-19-4-5-21(30-41-43-44-42-30)22(14-19)25(34)6-8-28(36)45-12-10-38-17-45;2-1-3/h4-18H,1-3,34-37H2,(H,40,47)(H,48,49)(H,41,42,43,44);1H,(H2,2,3)/b25-6-,26-7-,28-8+,29-9+;. The molecule has 268 valence electrons. The minimum atomic E-state index is -1.42. The fraction of sp³-hybridized carbons (Fsp3) is 0.0909. The van der Waals surface area contributed by atoms with Crippen LogP contribution in [0.1, 0.15) is 33.5 Å². The summed E-state index contributed by atoms with van der Waals surface area (Å²) in [6.07, 6.45) is 16.8. The molecule has 13 N–H and O–H groups in total. The number of anilines is 1. The van der Waals surface area contributed by atoms with Gasteiger partial charge in [0, 0.05) is 41.6 Å². The summed E-state index contributed by atoms with van der Waals surface area (Å²) in [4.78, 5) is 41.1. The van der Waals surface area contributed by atoms with Crippen LogP contribution in [0.15, 0.2) is 97.8 Å². The van der Waals surface area contributed by atoms with Crippen molar-refractivity contribution >= 4 is 41.3 Å². The summed E-state index contributed by atoms with van der Waals surface area (Å²) < 4.78 is 18.2. The number of carbonyl (C=O) groups excluding carboxylic acids is 2. The van der Waals surface area contributed by atoms with Crippen molar-refractivity contribution in [3.05, 3.63) is 126 Å². The van der Waals surface area contributed by atoms with E-state index in [1.165, 1.54) is 35.3 Å². The van der Waals surface area contributed by atoms with Crippen LogP contribution in [0.3, 0.4) is 0 Å². The van der Waals surface area contributed by atoms with Crippen molar-refractivity contribution in [2.75, 3.05) is 5.32 Å². The first-order chi connectivity index (χ1) is 25.0. The number of halogens is 1. The van der Waals surface area contributed by atoms with Gasteiger partial charge in [-0.1, -0.05) is 12.1 Å². The Morgan fingerprint density at radius 2 is 1.56 bits per heavy atom. The van der Waals surface area contributed by atoms with Crippen LogP contribution in [0.25, 0.3) is 28.7 Å². The van der Waals surface area contributed by atoms with Gasteiger partial charge in [-0.3, -0.25) is 18.7 Å². The number of carboxylic acids is 1. The number of aromatic carboxylic acids is 1. The molecule has 0 atom stereocenters. The zero-order chi connectivity index (χ0) is 37.6. The molecule has 3 heterocycles. The molecule has 2 amide bonds. The minimum absolute atomic E-state index is 0.107. The number of nitrogens with one attached hydrogen (secondary N) is 2. The van der Waals surface area contributed by atoms with Gasteiger partial charge in [0.1, 0.15) is 30.1 Å².